The number of nitrogens with zero attached hydrogens (tertiary/aromatic N) is 2. The molecule has 1 atom stereocenters. The van der Waals surface area contributed by atoms with Crippen LogP contribution in [0.4, 0.5) is 5.69 Å². The summed E-state index contributed by atoms with van der Waals surface area (Å²) in [5.74, 6) is -0.569. The molecule has 160 valence electrons. The maximum Gasteiger partial charge on any atom is 0.273 e. The summed E-state index contributed by atoms with van der Waals surface area (Å²) in [5, 5.41) is 14.3. The number of carbonyl (C=O) groups excluding carboxylic acids is 2. The molecule has 2 rings (SSSR count). The van der Waals surface area contributed by atoms with Gasteiger partial charge >= 0.3 is 0 Å². The highest BCUT2D eigenvalue weighted by Crippen LogP contribution is 2.21. The Morgan fingerprint density at radius 2 is 1.67 bits per heavy atom. The van der Waals surface area contributed by atoms with Crippen molar-refractivity contribution in [2.75, 3.05) is 0 Å². The largest absolute Gasteiger partial charge is 0.350 e. The van der Waals surface area contributed by atoms with Crippen LogP contribution in [0, 0.1) is 10.1 Å². The van der Waals surface area contributed by atoms with E-state index < -0.39 is 16.5 Å². The molecule has 0 fully saturated rings. The second kappa shape index (κ2) is 10.0. The van der Waals surface area contributed by atoms with Crippen LogP contribution in [0.5, 0.6) is 0 Å². The van der Waals surface area contributed by atoms with Crippen LogP contribution in [0.2, 0.25) is 0 Å². The first kappa shape index (κ1) is 23.1. The molecule has 0 aliphatic heterocycles. The Balaban J connectivity index is 2.36. The molecule has 0 saturated carbocycles. The molecule has 0 aromatic heterocycles. The molecule has 0 bridgehead atoms. The van der Waals surface area contributed by atoms with Crippen LogP contribution in [0.1, 0.15) is 45.2 Å². The quantitative estimate of drug-likeness (QED) is 0.527. The first-order valence-corrected chi connectivity index (χ1v) is 10.00. The third-order valence-electron chi connectivity index (χ3n) is 4.61. The molecule has 2 amide bonds. The fourth-order valence-electron chi connectivity index (χ4n) is 3.26. The van der Waals surface area contributed by atoms with E-state index in [0.717, 1.165) is 5.56 Å². The van der Waals surface area contributed by atoms with Crippen molar-refractivity contribution >= 4 is 17.5 Å². The number of hydrogen-bond acceptors (Lipinski definition) is 4. The Hall–Kier alpha value is -3.22. The van der Waals surface area contributed by atoms with Gasteiger partial charge in [-0.1, -0.05) is 55.5 Å². The van der Waals surface area contributed by atoms with Crippen LogP contribution in [0.3, 0.4) is 0 Å². The summed E-state index contributed by atoms with van der Waals surface area (Å²) in [6, 6.07) is 14.9. The average molecular weight is 412 g/mol. The van der Waals surface area contributed by atoms with Crippen molar-refractivity contribution in [3.63, 3.8) is 0 Å². The van der Waals surface area contributed by atoms with Gasteiger partial charge < -0.3 is 10.2 Å². The smallest absolute Gasteiger partial charge is 0.273 e. The Bertz CT molecular complexity index is 891. The number of amides is 2. The van der Waals surface area contributed by atoms with E-state index in [0.29, 0.717) is 12.0 Å². The standard InChI is InChI=1S/C23H29N3O4/c1-5-19(22(28)24-23(2,3)4)25(16-17-11-7-6-8-12-17)21(27)15-18-13-9-10-14-20(18)26(29)30/h6-14,19H,5,15-16H2,1-4H3,(H,24,28). The van der Waals surface area contributed by atoms with Crippen molar-refractivity contribution in [3.05, 3.63) is 75.8 Å². The van der Waals surface area contributed by atoms with Gasteiger partial charge in [0.05, 0.1) is 11.3 Å². The number of rotatable bonds is 8. The summed E-state index contributed by atoms with van der Waals surface area (Å²) in [7, 11) is 0. The van der Waals surface area contributed by atoms with Gasteiger partial charge in [-0.25, -0.2) is 0 Å². The van der Waals surface area contributed by atoms with E-state index in [1.54, 1.807) is 18.2 Å². The zero-order valence-corrected chi connectivity index (χ0v) is 17.9. The lowest BCUT2D eigenvalue weighted by Gasteiger charge is -2.33. The average Bonchev–Trinajstić information content (AvgIpc) is 2.67. The SMILES string of the molecule is CCC(C(=O)NC(C)(C)C)N(Cc1ccccc1)C(=O)Cc1ccccc1[N+](=O)[O-]. The maximum absolute atomic E-state index is 13.3. The van der Waals surface area contributed by atoms with E-state index in [1.165, 1.54) is 11.0 Å². The summed E-state index contributed by atoms with van der Waals surface area (Å²) in [6.45, 7) is 7.75. The first-order valence-electron chi connectivity index (χ1n) is 10.00. The second-order valence-electron chi connectivity index (χ2n) is 8.23. The number of para-hydroxylation sites is 1. The first-order chi connectivity index (χ1) is 14.1. The van der Waals surface area contributed by atoms with Crippen LogP contribution >= 0.6 is 0 Å². The van der Waals surface area contributed by atoms with Crippen molar-refractivity contribution in [1.82, 2.24) is 10.2 Å². The predicted octanol–water partition coefficient (Wildman–Crippen LogP) is 3.86. The van der Waals surface area contributed by atoms with Gasteiger partial charge in [-0.2, -0.15) is 0 Å². The predicted molar refractivity (Wildman–Crippen MR) is 116 cm³/mol. The van der Waals surface area contributed by atoms with Crippen LogP contribution in [0.25, 0.3) is 0 Å². The van der Waals surface area contributed by atoms with Crippen molar-refractivity contribution in [2.45, 2.75) is 58.7 Å². The van der Waals surface area contributed by atoms with Gasteiger partial charge in [0.1, 0.15) is 6.04 Å². The molecule has 0 heterocycles. The summed E-state index contributed by atoms with van der Waals surface area (Å²) in [5.41, 5.74) is 0.675. The molecule has 0 aliphatic carbocycles. The van der Waals surface area contributed by atoms with Gasteiger partial charge in [0.2, 0.25) is 11.8 Å². The third kappa shape index (κ3) is 6.40. The molecule has 0 radical (unpaired) electrons. The fraction of sp³-hybridized carbons (Fsp3) is 0.391. The van der Waals surface area contributed by atoms with Crippen LogP contribution in [-0.4, -0.2) is 33.2 Å². The maximum atomic E-state index is 13.3. The van der Waals surface area contributed by atoms with E-state index >= 15 is 0 Å². The monoisotopic (exact) mass is 411 g/mol. The third-order valence-corrected chi connectivity index (χ3v) is 4.61. The minimum Gasteiger partial charge on any atom is -0.350 e. The van der Waals surface area contributed by atoms with Gasteiger partial charge in [0.25, 0.3) is 5.69 Å². The van der Waals surface area contributed by atoms with Gasteiger partial charge in [-0.3, -0.25) is 19.7 Å². The molecule has 1 N–H and O–H groups in total. The zero-order valence-electron chi connectivity index (χ0n) is 17.9. The van der Waals surface area contributed by atoms with Crippen LogP contribution in [0.15, 0.2) is 54.6 Å². The number of nitro benzene ring substituents is 1. The highest BCUT2D eigenvalue weighted by Gasteiger charge is 2.31. The second-order valence-corrected chi connectivity index (χ2v) is 8.23. The summed E-state index contributed by atoms with van der Waals surface area (Å²) < 4.78 is 0. The summed E-state index contributed by atoms with van der Waals surface area (Å²) in [4.78, 5) is 38.6. The fourth-order valence-corrected chi connectivity index (χ4v) is 3.26. The van der Waals surface area contributed by atoms with Crippen molar-refractivity contribution in [2.24, 2.45) is 0 Å². The number of benzene rings is 2. The minimum absolute atomic E-state index is 0.0993. The lowest BCUT2D eigenvalue weighted by atomic mass is 10.0. The molecule has 0 saturated heterocycles. The molecule has 2 aromatic rings. The highest BCUT2D eigenvalue weighted by atomic mass is 16.6. The van der Waals surface area contributed by atoms with Gasteiger partial charge in [-0.15, -0.1) is 0 Å². The van der Waals surface area contributed by atoms with Gasteiger partial charge in [-0.05, 0) is 32.8 Å². The Kier molecular flexibility index (Phi) is 7.69. The normalized spacial score (nSPS) is 12.1. The van der Waals surface area contributed by atoms with E-state index in [-0.39, 0.29) is 30.5 Å². The number of carbonyl (C=O) groups is 2. The molecular formula is C23H29N3O4. The van der Waals surface area contributed by atoms with E-state index in [2.05, 4.69) is 5.32 Å². The van der Waals surface area contributed by atoms with Crippen LogP contribution < -0.4 is 5.32 Å². The minimum atomic E-state index is -0.681. The number of nitro groups is 1. The van der Waals surface area contributed by atoms with E-state index in [4.69, 9.17) is 0 Å². The lowest BCUT2D eigenvalue weighted by molar-refractivity contribution is -0.385. The number of hydrogen-bond donors (Lipinski definition) is 1. The number of nitrogens with one attached hydrogen (secondary N) is 1. The van der Waals surface area contributed by atoms with Crippen molar-refractivity contribution < 1.29 is 14.5 Å². The zero-order chi connectivity index (χ0) is 22.3. The van der Waals surface area contributed by atoms with Crippen molar-refractivity contribution in [1.29, 1.82) is 0 Å². The molecule has 1 unspecified atom stereocenters. The van der Waals surface area contributed by atoms with E-state index in [1.807, 2.05) is 58.0 Å². The molecule has 0 aliphatic rings. The molecule has 7 nitrogen and oxygen atoms in total. The Labute approximate surface area is 177 Å². The molecule has 7 heteroatoms. The topological polar surface area (TPSA) is 92.6 Å². The lowest BCUT2D eigenvalue weighted by Crippen LogP contribution is -2.53. The van der Waals surface area contributed by atoms with Crippen molar-refractivity contribution in [3.8, 4) is 0 Å². The summed E-state index contributed by atoms with van der Waals surface area (Å²) >= 11 is 0. The molecule has 2 aromatic carbocycles. The van der Waals surface area contributed by atoms with Crippen LogP contribution in [-0.2, 0) is 22.6 Å². The summed E-state index contributed by atoms with van der Waals surface area (Å²) in [6.07, 6.45) is 0.278. The van der Waals surface area contributed by atoms with Gasteiger partial charge in [0, 0.05) is 23.7 Å². The molecule has 0 spiro atoms. The Morgan fingerprint density at radius 3 is 2.23 bits per heavy atom. The highest BCUT2D eigenvalue weighted by molar-refractivity contribution is 5.89. The van der Waals surface area contributed by atoms with E-state index in [9.17, 15) is 19.7 Å². The molecule has 30 heavy (non-hydrogen) atoms. The molecular weight excluding hydrogens is 382 g/mol. The Morgan fingerprint density at radius 1 is 1.07 bits per heavy atom. The van der Waals surface area contributed by atoms with Gasteiger partial charge in [0.15, 0.2) is 0 Å².